The first kappa shape index (κ1) is 14.6. The van der Waals surface area contributed by atoms with Gasteiger partial charge in [-0.15, -0.1) is 0 Å². The number of aliphatic hydroxyl groups excluding tert-OH is 1. The number of aliphatic hydroxyl groups is 1. The van der Waals surface area contributed by atoms with Gasteiger partial charge in [0.05, 0.1) is 5.56 Å². The number of nitrogens with one attached hydrogen (secondary N) is 1. The van der Waals surface area contributed by atoms with Crippen molar-refractivity contribution in [3.05, 3.63) is 29.6 Å². The Hall–Kier alpha value is -1.42. The Morgan fingerprint density at radius 1 is 1.44 bits per heavy atom. The molecule has 0 spiro atoms. The topological polar surface area (TPSA) is 62.2 Å². The lowest BCUT2D eigenvalue weighted by Crippen LogP contribution is -2.26. The fraction of sp³-hybridized carbons (Fsp3) is 0.571. The van der Waals surface area contributed by atoms with Gasteiger partial charge < -0.3 is 10.4 Å². The van der Waals surface area contributed by atoms with Crippen LogP contribution in [0.25, 0.3) is 0 Å². The van der Waals surface area contributed by atoms with Gasteiger partial charge in [0.1, 0.15) is 0 Å². The van der Waals surface area contributed by atoms with Crippen LogP contribution in [0.1, 0.15) is 42.7 Å². The zero-order valence-corrected chi connectivity index (χ0v) is 11.4. The van der Waals surface area contributed by atoms with Crippen molar-refractivity contribution in [2.75, 3.05) is 13.2 Å². The largest absolute Gasteiger partial charge is 0.396 e. The van der Waals surface area contributed by atoms with Gasteiger partial charge in [-0.25, -0.2) is 0 Å². The normalized spacial score (nSPS) is 11.3. The molecule has 0 radical (unpaired) electrons. The number of carbonyl (C=O) groups excluding carboxylic acids is 1. The Labute approximate surface area is 108 Å². The average molecular weight is 250 g/mol. The highest BCUT2D eigenvalue weighted by Crippen LogP contribution is 2.20. The lowest BCUT2D eigenvalue weighted by molar-refractivity contribution is 0.0948. The molecule has 2 N–H and O–H groups in total. The van der Waals surface area contributed by atoms with Crippen LogP contribution in [0, 0.1) is 12.3 Å². The summed E-state index contributed by atoms with van der Waals surface area (Å²) >= 11 is 0. The van der Waals surface area contributed by atoms with Crippen molar-refractivity contribution in [1.29, 1.82) is 0 Å². The van der Waals surface area contributed by atoms with Crippen LogP contribution in [0.4, 0.5) is 0 Å². The van der Waals surface area contributed by atoms with Crippen molar-refractivity contribution >= 4 is 5.91 Å². The van der Waals surface area contributed by atoms with Crippen LogP contribution in [0.2, 0.25) is 0 Å². The third-order valence-electron chi connectivity index (χ3n) is 2.92. The molecule has 1 aromatic rings. The lowest BCUT2D eigenvalue weighted by atomic mass is 9.89. The van der Waals surface area contributed by atoms with Crippen LogP contribution in [0.15, 0.2) is 18.3 Å². The van der Waals surface area contributed by atoms with Gasteiger partial charge in [-0.2, -0.15) is 0 Å². The SMILES string of the molecule is Cc1ccc(C(=O)NCCCC(C)(C)CO)cn1. The zero-order valence-electron chi connectivity index (χ0n) is 11.4. The maximum absolute atomic E-state index is 11.7. The van der Waals surface area contributed by atoms with E-state index in [1.165, 1.54) is 0 Å². The number of carbonyl (C=O) groups is 1. The monoisotopic (exact) mass is 250 g/mol. The summed E-state index contributed by atoms with van der Waals surface area (Å²) in [6, 6.07) is 3.60. The maximum Gasteiger partial charge on any atom is 0.252 e. The number of rotatable bonds is 6. The lowest BCUT2D eigenvalue weighted by Gasteiger charge is -2.21. The summed E-state index contributed by atoms with van der Waals surface area (Å²) in [5, 5.41) is 12.0. The summed E-state index contributed by atoms with van der Waals surface area (Å²) in [7, 11) is 0. The summed E-state index contributed by atoms with van der Waals surface area (Å²) in [4.78, 5) is 15.8. The van der Waals surface area contributed by atoms with E-state index in [9.17, 15) is 4.79 Å². The molecule has 18 heavy (non-hydrogen) atoms. The Morgan fingerprint density at radius 2 is 2.17 bits per heavy atom. The molecule has 1 aromatic heterocycles. The zero-order chi connectivity index (χ0) is 13.6. The van der Waals surface area contributed by atoms with E-state index in [1.807, 2.05) is 26.8 Å². The molecule has 4 heteroatoms. The molecule has 0 saturated carbocycles. The maximum atomic E-state index is 11.7. The van der Waals surface area contributed by atoms with Crippen molar-refractivity contribution in [3.63, 3.8) is 0 Å². The first-order valence-corrected chi connectivity index (χ1v) is 6.26. The molecule has 0 aliphatic carbocycles. The van der Waals surface area contributed by atoms with E-state index in [4.69, 9.17) is 5.11 Å². The van der Waals surface area contributed by atoms with E-state index < -0.39 is 0 Å². The third kappa shape index (κ3) is 4.84. The molecule has 1 amide bonds. The molecule has 100 valence electrons. The molecule has 4 nitrogen and oxygen atoms in total. The minimum atomic E-state index is -0.0932. The Balaban J connectivity index is 2.32. The van der Waals surface area contributed by atoms with Crippen LogP contribution < -0.4 is 5.32 Å². The Morgan fingerprint density at radius 3 is 2.72 bits per heavy atom. The van der Waals surface area contributed by atoms with E-state index in [0.29, 0.717) is 12.1 Å². The van der Waals surface area contributed by atoms with Crippen LogP contribution in [-0.2, 0) is 0 Å². The first-order chi connectivity index (χ1) is 8.44. The van der Waals surface area contributed by atoms with Crippen molar-refractivity contribution in [2.45, 2.75) is 33.6 Å². The Bertz CT molecular complexity index is 385. The molecule has 0 fully saturated rings. The molecule has 0 atom stereocenters. The first-order valence-electron chi connectivity index (χ1n) is 6.26. The van der Waals surface area contributed by atoms with Gasteiger partial charge in [0.15, 0.2) is 0 Å². The summed E-state index contributed by atoms with van der Waals surface area (Å²) in [6.07, 6.45) is 3.33. The van der Waals surface area contributed by atoms with E-state index >= 15 is 0 Å². The van der Waals surface area contributed by atoms with E-state index in [-0.39, 0.29) is 17.9 Å². The van der Waals surface area contributed by atoms with Crippen molar-refractivity contribution < 1.29 is 9.90 Å². The van der Waals surface area contributed by atoms with Crippen LogP contribution in [0.5, 0.6) is 0 Å². The second-order valence-electron chi connectivity index (χ2n) is 5.37. The molecule has 0 aliphatic heterocycles. The number of aryl methyl sites for hydroxylation is 1. The fourth-order valence-electron chi connectivity index (χ4n) is 1.55. The average Bonchev–Trinajstić information content (AvgIpc) is 2.35. The number of aromatic nitrogens is 1. The van der Waals surface area contributed by atoms with Gasteiger partial charge in [-0.1, -0.05) is 13.8 Å². The van der Waals surface area contributed by atoms with E-state index in [2.05, 4.69) is 10.3 Å². The van der Waals surface area contributed by atoms with Gasteiger partial charge in [-0.3, -0.25) is 9.78 Å². The number of nitrogens with zero attached hydrogens (tertiary/aromatic N) is 1. The predicted molar refractivity (Wildman–Crippen MR) is 71.4 cm³/mol. The molecule has 0 aromatic carbocycles. The predicted octanol–water partition coefficient (Wildman–Crippen LogP) is 1.92. The number of amides is 1. The molecule has 1 heterocycles. The van der Waals surface area contributed by atoms with Crippen LogP contribution in [-0.4, -0.2) is 29.1 Å². The van der Waals surface area contributed by atoms with Crippen LogP contribution >= 0.6 is 0 Å². The van der Waals surface area contributed by atoms with E-state index in [1.54, 1.807) is 12.3 Å². The second-order valence-corrected chi connectivity index (χ2v) is 5.37. The molecular formula is C14H22N2O2. The highest BCUT2D eigenvalue weighted by molar-refractivity contribution is 5.93. The number of hydrogen-bond acceptors (Lipinski definition) is 3. The number of hydrogen-bond donors (Lipinski definition) is 2. The van der Waals surface area contributed by atoms with Crippen molar-refractivity contribution in [1.82, 2.24) is 10.3 Å². The fourth-order valence-corrected chi connectivity index (χ4v) is 1.55. The molecule has 0 saturated heterocycles. The van der Waals surface area contributed by atoms with Crippen molar-refractivity contribution in [2.24, 2.45) is 5.41 Å². The smallest absolute Gasteiger partial charge is 0.252 e. The van der Waals surface area contributed by atoms with Gasteiger partial charge in [-0.05, 0) is 37.3 Å². The molecular weight excluding hydrogens is 228 g/mol. The summed E-state index contributed by atoms with van der Waals surface area (Å²) in [5.74, 6) is -0.0932. The van der Waals surface area contributed by atoms with Crippen molar-refractivity contribution in [3.8, 4) is 0 Å². The summed E-state index contributed by atoms with van der Waals surface area (Å²) in [5.41, 5.74) is 1.41. The molecule has 1 rings (SSSR count). The second kappa shape index (κ2) is 6.50. The van der Waals surface area contributed by atoms with Gasteiger partial charge >= 0.3 is 0 Å². The Kier molecular flexibility index (Phi) is 5.28. The third-order valence-corrected chi connectivity index (χ3v) is 2.92. The summed E-state index contributed by atoms with van der Waals surface area (Å²) < 4.78 is 0. The standard InChI is InChI=1S/C14H22N2O2/c1-11-5-6-12(9-16-11)13(18)15-8-4-7-14(2,3)10-17/h5-6,9,17H,4,7-8,10H2,1-3H3,(H,15,18). The highest BCUT2D eigenvalue weighted by Gasteiger charge is 2.15. The minimum Gasteiger partial charge on any atom is -0.396 e. The summed E-state index contributed by atoms with van der Waals surface area (Å²) in [6.45, 7) is 6.70. The van der Waals surface area contributed by atoms with Gasteiger partial charge in [0.2, 0.25) is 0 Å². The van der Waals surface area contributed by atoms with E-state index in [0.717, 1.165) is 18.5 Å². The number of pyridine rings is 1. The molecule has 0 unspecified atom stereocenters. The van der Waals surface area contributed by atoms with Gasteiger partial charge in [0.25, 0.3) is 5.91 Å². The minimum absolute atomic E-state index is 0.0733. The van der Waals surface area contributed by atoms with Gasteiger partial charge in [0, 0.05) is 25.0 Å². The molecule has 0 bridgehead atoms. The molecule has 0 aliphatic rings. The highest BCUT2D eigenvalue weighted by atomic mass is 16.3. The quantitative estimate of drug-likeness (QED) is 0.758. The van der Waals surface area contributed by atoms with Crippen LogP contribution in [0.3, 0.4) is 0 Å².